The zero-order valence-corrected chi connectivity index (χ0v) is 57.3. The Morgan fingerprint density at radius 2 is 1.12 bits per heavy atom. The second kappa shape index (κ2) is 47.8. The Hall–Kier alpha value is -2.35. The number of allylic oxidation sites excluding steroid dienone is 4. The Morgan fingerprint density at radius 1 is 0.552 bits per heavy atom. The van der Waals surface area contributed by atoms with Gasteiger partial charge in [0, 0.05) is 12.8 Å². The van der Waals surface area contributed by atoms with E-state index in [9.17, 15) is 115 Å². The minimum absolute atomic E-state index is 0.0289. The van der Waals surface area contributed by atoms with Crippen LogP contribution in [0.25, 0.3) is 0 Å². The molecule has 28 heteroatoms. The predicted molar refractivity (Wildman–Crippen MR) is 355 cm³/mol. The molecule has 564 valence electrons. The van der Waals surface area contributed by atoms with Crippen molar-refractivity contribution in [3.05, 3.63) is 61.3 Å². The van der Waals surface area contributed by atoms with Gasteiger partial charge in [0.25, 0.3) is 0 Å². The van der Waals surface area contributed by atoms with Gasteiger partial charge in [0.15, 0.2) is 0 Å². The van der Waals surface area contributed by atoms with E-state index in [2.05, 4.69) is 19.2 Å². The van der Waals surface area contributed by atoms with Crippen LogP contribution in [-0.2, 0) is 24.1 Å². The number of unbranched alkanes of at least 4 members (excludes halogenated alkanes) is 8. The van der Waals surface area contributed by atoms with E-state index in [1.807, 2.05) is 6.08 Å². The number of ether oxygens (including phenoxy) is 2. The largest absolute Gasteiger partial charge is 0.397 e. The summed E-state index contributed by atoms with van der Waals surface area (Å²) in [6.07, 6.45) is -15.7. The molecule has 0 bridgehead atoms. The van der Waals surface area contributed by atoms with Crippen molar-refractivity contribution < 1.29 is 134 Å². The van der Waals surface area contributed by atoms with Gasteiger partial charge in [-0.2, -0.15) is 8.42 Å². The normalized spacial score (nSPS) is 27.6. The van der Waals surface area contributed by atoms with Crippen LogP contribution >= 0.6 is 0 Å². The van der Waals surface area contributed by atoms with Crippen molar-refractivity contribution in [3.63, 3.8) is 0 Å². The molecule has 22 N–H and O–H groups in total. The van der Waals surface area contributed by atoms with Crippen molar-refractivity contribution in [1.29, 1.82) is 0 Å². The first kappa shape index (κ1) is 89.7. The first-order valence-corrected chi connectivity index (χ1v) is 36.0. The summed E-state index contributed by atoms with van der Waals surface area (Å²) in [5.41, 5.74) is -0.0518. The van der Waals surface area contributed by atoms with Crippen LogP contribution in [0.15, 0.2) is 61.3 Å². The fourth-order valence-electron chi connectivity index (χ4n) is 12.4. The highest BCUT2D eigenvalue weighted by atomic mass is 32.3. The van der Waals surface area contributed by atoms with Crippen LogP contribution in [0.5, 0.6) is 0 Å². The summed E-state index contributed by atoms with van der Waals surface area (Å²) in [4.78, 5) is 0. The summed E-state index contributed by atoms with van der Waals surface area (Å²) in [6, 6.07) is 0. The van der Waals surface area contributed by atoms with Crippen LogP contribution in [0.4, 0.5) is 0 Å². The van der Waals surface area contributed by atoms with Crippen molar-refractivity contribution in [1.82, 2.24) is 0 Å². The van der Waals surface area contributed by atoms with E-state index in [0.717, 1.165) is 51.4 Å². The first-order valence-electron chi connectivity index (χ1n) is 34.6. The molecule has 0 saturated carbocycles. The molecule has 0 aliphatic carbocycles. The van der Waals surface area contributed by atoms with E-state index in [0.29, 0.717) is 12.8 Å². The molecule has 2 heterocycles. The van der Waals surface area contributed by atoms with E-state index in [-0.39, 0.29) is 102 Å². The Morgan fingerprint density at radius 3 is 1.74 bits per heavy atom. The molecule has 0 amide bonds. The SMILES string of the molecule is C=CC=CCCCCCCCCCC=CC(O)C(O)C1OC(C(O)C(O)C(=C)CCC(O)C2OC(CC(O)C(O)C(C)CCCC(O)C(O)C(O)C(C)CCC(O)C(O)C(C)CC(O)CCCC(CCCC(O)C=CCC(O)CO)OS(=O)(=O)O)C(O)C(O)C2O)CC(O)C1O. The first-order chi connectivity index (χ1) is 45.2. The van der Waals surface area contributed by atoms with Gasteiger partial charge >= 0.3 is 10.4 Å². The van der Waals surface area contributed by atoms with Crippen LogP contribution in [0.1, 0.15) is 188 Å². The van der Waals surface area contributed by atoms with Gasteiger partial charge in [-0.05, 0) is 139 Å². The van der Waals surface area contributed by atoms with Gasteiger partial charge < -0.3 is 117 Å². The van der Waals surface area contributed by atoms with E-state index in [1.54, 1.807) is 32.9 Å². The zero-order chi connectivity index (χ0) is 72.4. The smallest absolute Gasteiger partial charge is 0.394 e. The third-order valence-electron chi connectivity index (χ3n) is 18.9. The maximum atomic E-state index is 11.5. The third kappa shape index (κ3) is 33.6. The maximum Gasteiger partial charge on any atom is 0.397 e. The molecule has 2 saturated heterocycles. The van der Waals surface area contributed by atoms with Crippen molar-refractivity contribution >= 4 is 10.4 Å². The molecule has 28 unspecified atom stereocenters. The van der Waals surface area contributed by atoms with Crippen molar-refractivity contribution in [3.8, 4) is 0 Å². The van der Waals surface area contributed by atoms with Crippen LogP contribution in [0.2, 0.25) is 0 Å². The van der Waals surface area contributed by atoms with Gasteiger partial charge in [-0.15, -0.1) is 0 Å². The van der Waals surface area contributed by atoms with Gasteiger partial charge in [-0.1, -0.05) is 115 Å². The molecular weight excluding hydrogens is 1280 g/mol. The lowest BCUT2D eigenvalue weighted by Gasteiger charge is -2.43. The Labute approximate surface area is 568 Å². The molecule has 0 radical (unpaired) electrons. The van der Waals surface area contributed by atoms with Crippen LogP contribution in [-0.4, -0.2) is 279 Å². The molecule has 2 fully saturated rings. The molecule has 0 spiro atoms. The van der Waals surface area contributed by atoms with Crippen LogP contribution in [0.3, 0.4) is 0 Å². The maximum absolute atomic E-state index is 11.5. The number of rotatable bonds is 53. The molecule has 0 aromatic heterocycles. The Balaban J connectivity index is 1.82. The molecule has 28 atom stereocenters. The van der Waals surface area contributed by atoms with Crippen LogP contribution < -0.4 is 0 Å². The molecule has 2 aliphatic heterocycles. The third-order valence-corrected chi connectivity index (χ3v) is 19.4. The highest BCUT2D eigenvalue weighted by Crippen LogP contribution is 2.33. The van der Waals surface area contributed by atoms with Crippen molar-refractivity contribution in [2.24, 2.45) is 17.8 Å². The molecule has 0 aromatic carbocycles. The topological polar surface area (TPSA) is 507 Å². The number of hydrogen-bond donors (Lipinski definition) is 22. The van der Waals surface area contributed by atoms with Gasteiger partial charge in [-0.25, -0.2) is 4.18 Å². The second-order valence-corrected chi connectivity index (χ2v) is 28.2. The molecule has 0 aromatic rings. The van der Waals surface area contributed by atoms with E-state index >= 15 is 0 Å². The zero-order valence-electron chi connectivity index (χ0n) is 56.5. The summed E-state index contributed by atoms with van der Waals surface area (Å²) in [7, 11) is -4.81. The monoisotopic (exact) mass is 1400 g/mol. The highest BCUT2D eigenvalue weighted by molar-refractivity contribution is 7.80. The minimum atomic E-state index is -4.81. The molecule has 27 nitrogen and oxygen atoms in total. The Bertz CT molecular complexity index is 2270. The van der Waals surface area contributed by atoms with Gasteiger partial charge in [0.1, 0.15) is 67.1 Å². The average molecular weight is 1410 g/mol. The predicted octanol–water partition coefficient (Wildman–Crippen LogP) is 0.381. The van der Waals surface area contributed by atoms with Gasteiger partial charge in [0.2, 0.25) is 0 Å². The van der Waals surface area contributed by atoms with Gasteiger partial charge in [-0.3, -0.25) is 4.55 Å². The summed E-state index contributed by atoms with van der Waals surface area (Å²) >= 11 is 0. The lowest BCUT2D eigenvalue weighted by atomic mass is 9.85. The highest BCUT2D eigenvalue weighted by Gasteiger charge is 2.49. The standard InChI is InChI=1S/C68H124O27S/c1-6-7-8-9-10-11-12-13-14-15-16-17-18-30-49(74)61(84)68-62(85)53(78)38-54(94-68)63(86)59(82)42(4)33-35-51(76)67-66(89)65(88)64(87)55(93-67)37-52(77)56(79)40(2)23-19-31-48(73)60(83)58(81)41(3)32-34-50(75)57(80)43(5)36-45(71)26-22-29-47(95-96(90,91)92)28-21-25-44(70)24-20-27-46(72)39-69/h6-8,18,20,24,30,40-41,43-89H,1,4,9-17,19,21-23,25-29,31-39H2,2-3,5H3,(H,90,91,92). The second-order valence-electron chi connectivity index (χ2n) is 27.2. The number of aliphatic hydroxyl groups excluding tert-OH is 21. The van der Waals surface area contributed by atoms with Gasteiger partial charge in [0.05, 0.1) is 92.1 Å². The minimum Gasteiger partial charge on any atom is -0.394 e. The molecular formula is C68H124O27S. The quantitative estimate of drug-likeness (QED) is 0.0169. The summed E-state index contributed by atoms with van der Waals surface area (Å²) in [5.74, 6) is -1.98. The van der Waals surface area contributed by atoms with Crippen molar-refractivity contribution in [2.75, 3.05) is 6.61 Å². The fourth-order valence-corrected chi connectivity index (χ4v) is 13.0. The molecule has 96 heavy (non-hydrogen) atoms. The lowest BCUT2D eigenvalue weighted by Crippen LogP contribution is -2.61. The number of aliphatic hydroxyl groups is 21. The fraction of sp³-hybridized carbons (Fsp3) is 0.853. The van der Waals surface area contributed by atoms with Crippen LogP contribution in [0, 0.1) is 17.8 Å². The van der Waals surface area contributed by atoms with E-state index in [1.165, 1.54) is 18.2 Å². The van der Waals surface area contributed by atoms with E-state index in [4.69, 9.17) is 18.8 Å². The van der Waals surface area contributed by atoms with E-state index < -0.39 is 194 Å². The van der Waals surface area contributed by atoms with Crippen molar-refractivity contribution in [2.45, 2.75) is 340 Å². The summed E-state index contributed by atoms with van der Waals surface area (Å²) in [6.45, 7) is 11.8. The molecule has 2 aliphatic rings. The lowest BCUT2D eigenvalue weighted by molar-refractivity contribution is -0.250. The Kier molecular flexibility index (Phi) is 44.6. The average Bonchev–Trinajstić information content (AvgIpc) is 0.821. The summed E-state index contributed by atoms with van der Waals surface area (Å²) < 4.78 is 48.6. The molecule has 2 rings (SSSR count). The summed E-state index contributed by atoms with van der Waals surface area (Å²) in [5, 5.41) is 225. The number of hydrogen-bond acceptors (Lipinski definition) is 26.